The number of H-pyrrole nitrogens is 1. The Morgan fingerprint density at radius 1 is 1.33 bits per heavy atom. The third-order valence-corrected chi connectivity index (χ3v) is 4.11. The molecule has 0 amide bonds. The number of nitrogens with zero attached hydrogens (tertiary/aromatic N) is 2. The van der Waals surface area contributed by atoms with Crippen LogP contribution >= 0.6 is 0 Å². The maximum Gasteiger partial charge on any atom is 0.416 e. The summed E-state index contributed by atoms with van der Waals surface area (Å²) in [6.07, 6.45) is -3.30. The van der Waals surface area contributed by atoms with E-state index < -0.39 is 36.2 Å². The van der Waals surface area contributed by atoms with Crippen molar-refractivity contribution in [1.82, 2.24) is 14.5 Å². The van der Waals surface area contributed by atoms with E-state index in [4.69, 9.17) is 4.74 Å². The summed E-state index contributed by atoms with van der Waals surface area (Å²) in [7, 11) is 0. The van der Waals surface area contributed by atoms with Crippen LogP contribution in [0.2, 0.25) is 0 Å². The highest BCUT2D eigenvalue weighted by Crippen LogP contribution is 2.29. The number of pyridine rings is 1. The van der Waals surface area contributed by atoms with Gasteiger partial charge in [0.25, 0.3) is 5.56 Å². The molecule has 1 N–H and O–H groups in total. The maximum absolute atomic E-state index is 13.3. The SMILES string of the molecule is O=c1[nH]c2cccnc2c(=O)n1CC(OC1CCCC1)C(F)(F)F. The van der Waals surface area contributed by atoms with Crippen molar-refractivity contribution in [2.24, 2.45) is 0 Å². The van der Waals surface area contributed by atoms with E-state index in [9.17, 15) is 22.8 Å². The molecule has 24 heavy (non-hydrogen) atoms. The number of fused-ring (bicyclic) bond motifs is 1. The Balaban J connectivity index is 1.96. The predicted octanol–water partition coefficient (Wildman–Crippen LogP) is 1.97. The topological polar surface area (TPSA) is 77.0 Å². The van der Waals surface area contributed by atoms with Gasteiger partial charge in [0, 0.05) is 6.20 Å². The van der Waals surface area contributed by atoms with Crippen LogP contribution in [0, 0.1) is 0 Å². The first-order valence-electron chi connectivity index (χ1n) is 7.66. The number of rotatable bonds is 4. The van der Waals surface area contributed by atoms with E-state index in [-0.39, 0.29) is 11.0 Å². The molecule has 0 aromatic carbocycles. The van der Waals surface area contributed by atoms with Crippen molar-refractivity contribution in [3.8, 4) is 0 Å². The van der Waals surface area contributed by atoms with Gasteiger partial charge in [-0.1, -0.05) is 12.8 Å². The molecule has 6 nitrogen and oxygen atoms in total. The highest BCUT2D eigenvalue weighted by Gasteiger charge is 2.43. The van der Waals surface area contributed by atoms with Crippen LogP contribution in [-0.2, 0) is 11.3 Å². The first-order chi connectivity index (χ1) is 11.4. The van der Waals surface area contributed by atoms with Crippen LogP contribution < -0.4 is 11.2 Å². The number of hydrogen-bond donors (Lipinski definition) is 1. The van der Waals surface area contributed by atoms with Crippen molar-refractivity contribution >= 4 is 11.0 Å². The van der Waals surface area contributed by atoms with Gasteiger partial charge in [-0.2, -0.15) is 13.2 Å². The Morgan fingerprint density at radius 2 is 2.04 bits per heavy atom. The van der Waals surface area contributed by atoms with Crippen LogP contribution in [0.5, 0.6) is 0 Å². The molecule has 1 unspecified atom stereocenters. The molecule has 0 aliphatic heterocycles. The third-order valence-electron chi connectivity index (χ3n) is 4.11. The lowest BCUT2D eigenvalue weighted by molar-refractivity contribution is -0.236. The van der Waals surface area contributed by atoms with E-state index in [0.29, 0.717) is 17.4 Å². The van der Waals surface area contributed by atoms with E-state index in [0.717, 1.165) is 12.8 Å². The highest BCUT2D eigenvalue weighted by atomic mass is 19.4. The molecular weight excluding hydrogens is 327 g/mol. The normalized spacial score (nSPS) is 17.5. The largest absolute Gasteiger partial charge is 0.416 e. The Hall–Kier alpha value is -2.16. The predicted molar refractivity (Wildman–Crippen MR) is 79.8 cm³/mol. The summed E-state index contributed by atoms with van der Waals surface area (Å²) in [6, 6.07) is 2.98. The zero-order valence-corrected chi connectivity index (χ0v) is 12.7. The lowest BCUT2D eigenvalue weighted by atomic mass is 10.2. The molecular formula is C15H16F3N3O3. The van der Waals surface area contributed by atoms with Crippen LogP contribution in [0.3, 0.4) is 0 Å². The van der Waals surface area contributed by atoms with Crippen LogP contribution in [-0.4, -0.2) is 32.9 Å². The molecule has 0 radical (unpaired) electrons. The minimum absolute atomic E-state index is 0.0844. The summed E-state index contributed by atoms with van der Waals surface area (Å²) >= 11 is 0. The minimum Gasteiger partial charge on any atom is -0.364 e. The van der Waals surface area contributed by atoms with Gasteiger partial charge in [-0.15, -0.1) is 0 Å². The number of aromatic amines is 1. The Bertz CT molecular complexity index is 837. The molecule has 1 fully saturated rings. The summed E-state index contributed by atoms with van der Waals surface area (Å²) in [4.78, 5) is 30.5. The molecule has 2 aromatic heterocycles. The molecule has 0 saturated heterocycles. The van der Waals surface area contributed by atoms with Crippen molar-refractivity contribution in [2.75, 3.05) is 0 Å². The zero-order valence-electron chi connectivity index (χ0n) is 12.7. The fraction of sp³-hybridized carbons (Fsp3) is 0.533. The van der Waals surface area contributed by atoms with Gasteiger partial charge < -0.3 is 9.72 Å². The Morgan fingerprint density at radius 3 is 2.71 bits per heavy atom. The van der Waals surface area contributed by atoms with Gasteiger partial charge in [0.05, 0.1) is 18.2 Å². The number of halogens is 3. The van der Waals surface area contributed by atoms with Gasteiger partial charge in [-0.25, -0.2) is 9.78 Å². The zero-order chi connectivity index (χ0) is 17.3. The third kappa shape index (κ3) is 3.35. The molecule has 2 aromatic rings. The molecule has 0 spiro atoms. The lowest BCUT2D eigenvalue weighted by Crippen LogP contribution is -2.45. The number of hydrogen-bond acceptors (Lipinski definition) is 4. The van der Waals surface area contributed by atoms with Gasteiger partial charge in [-0.05, 0) is 25.0 Å². The fourth-order valence-corrected chi connectivity index (χ4v) is 2.89. The minimum atomic E-state index is -4.67. The monoisotopic (exact) mass is 343 g/mol. The van der Waals surface area contributed by atoms with Crippen molar-refractivity contribution in [3.05, 3.63) is 39.2 Å². The average molecular weight is 343 g/mol. The van der Waals surface area contributed by atoms with E-state index in [2.05, 4.69) is 9.97 Å². The molecule has 9 heteroatoms. The smallest absolute Gasteiger partial charge is 0.364 e. The van der Waals surface area contributed by atoms with E-state index >= 15 is 0 Å². The molecule has 2 heterocycles. The number of aromatic nitrogens is 3. The lowest BCUT2D eigenvalue weighted by Gasteiger charge is -2.24. The van der Waals surface area contributed by atoms with Gasteiger partial charge in [0.2, 0.25) is 0 Å². The fourth-order valence-electron chi connectivity index (χ4n) is 2.89. The summed E-state index contributed by atoms with van der Waals surface area (Å²) < 4.78 is 45.5. The summed E-state index contributed by atoms with van der Waals surface area (Å²) in [5.74, 6) is 0. The van der Waals surface area contributed by atoms with Crippen molar-refractivity contribution in [1.29, 1.82) is 0 Å². The summed E-state index contributed by atoms with van der Waals surface area (Å²) in [6.45, 7) is -0.888. The van der Waals surface area contributed by atoms with Crippen molar-refractivity contribution in [3.63, 3.8) is 0 Å². The van der Waals surface area contributed by atoms with E-state index in [1.807, 2.05) is 0 Å². The molecule has 1 aliphatic rings. The second-order valence-corrected chi connectivity index (χ2v) is 5.82. The molecule has 1 atom stereocenters. The number of ether oxygens (including phenoxy) is 1. The van der Waals surface area contributed by atoms with Crippen molar-refractivity contribution < 1.29 is 17.9 Å². The van der Waals surface area contributed by atoms with Crippen molar-refractivity contribution in [2.45, 2.75) is 50.6 Å². The number of nitrogens with one attached hydrogen (secondary N) is 1. The molecule has 1 saturated carbocycles. The van der Waals surface area contributed by atoms with Crippen LogP contribution in [0.1, 0.15) is 25.7 Å². The second kappa shape index (κ2) is 6.39. The van der Waals surface area contributed by atoms with Gasteiger partial charge in [-0.3, -0.25) is 9.36 Å². The number of alkyl halides is 3. The van der Waals surface area contributed by atoms with Gasteiger partial charge in [0.15, 0.2) is 11.6 Å². The van der Waals surface area contributed by atoms with Gasteiger partial charge >= 0.3 is 11.9 Å². The Kier molecular flexibility index (Phi) is 4.44. The Labute approximate surface area is 134 Å². The standard InChI is InChI=1S/C15H16F3N3O3/c16-15(17,18)11(24-9-4-1-2-5-9)8-21-13(22)12-10(20-14(21)23)6-3-7-19-12/h3,6-7,9,11H,1-2,4-5,8H2,(H,20,23). The van der Waals surface area contributed by atoms with Crippen LogP contribution in [0.25, 0.3) is 11.0 Å². The molecule has 1 aliphatic carbocycles. The van der Waals surface area contributed by atoms with Gasteiger partial charge in [0.1, 0.15) is 0 Å². The first-order valence-corrected chi connectivity index (χ1v) is 7.66. The highest BCUT2D eigenvalue weighted by molar-refractivity contribution is 5.71. The summed E-state index contributed by atoms with van der Waals surface area (Å²) in [5, 5.41) is 0. The second-order valence-electron chi connectivity index (χ2n) is 5.82. The molecule has 3 rings (SSSR count). The quantitative estimate of drug-likeness (QED) is 0.921. The molecule has 0 bridgehead atoms. The van der Waals surface area contributed by atoms with Crippen LogP contribution in [0.15, 0.2) is 27.9 Å². The average Bonchev–Trinajstić information content (AvgIpc) is 3.02. The van der Waals surface area contributed by atoms with E-state index in [1.54, 1.807) is 0 Å². The first kappa shape index (κ1) is 16.7. The summed E-state index contributed by atoms with van der Waals surface area (Å²) in [5.41, 5.74) is -1.67. The van der Waals surface area contributed by atoms with Crippen LogP contribution in [0.4, 0.5) is 13.2 Å². The maximum atomic E-state index is 13.3. The van der Waals surface area contributed by atoms with E-state index in [1.165, 1.54) is 18.3 Å². The molecule has 130 valence electrons.